The Labute approximate surface area is 125 Å². The highest BCUT2D eigenvalue weighted by Gasteiger charge is 2.26. The molecule has 1 amide bonds. The third-order valence-corrected chi connectivity index (χ3v) is 3.98. The first kappa shape index (κ1) is 15.5. The van der Waals surface area contributed by atoms with Gasteiger partial charge in [-0.25, -0.2) is 0 Å². The normalized spacial score (nSPS) is 21.0. The number of hydrogen-bond donors (Lipinski definition) is 1. The molecule has 1 aromatic rings. The quantitative estimate of drug-likeness (QED) is 0.906. The third-order valence-electron chi connectivity index (χ3n) is 3.98. The second kappa shape index (κ2) is 6.70. The SMILES string of the molecule is COc1ccc(C(=O)NC2CCC(C)C2)c(OC)c1OC. The maximum Gasteiger partial charge on any atom is 0.255 e. The molecule has 1 fully saturated rings. The van der Waals surface area contributed by atoms with E-state index in [4.69, 9.17) is 14.2 Å². The smallest absolute Gasteiger partial charge is 0.255 e. The van der Waals surface area contributed by atoms with Crippen molar-refractivity contribution in [3.05, 3.63) is 17.7 Å². The van der Waals surface area contributed by atoms with Gasteiger partial charge in [0.2, 0.25) is 5.75 Å². The van der Waals surface area contributed by atoms with Crippen molar-refractivity contribution < 1.29 is 19.0 Å². The van der Waals surface area contributed by atoms with Crippen molar-refractivity contribution >= 4 is 5.91 Å². The molecule has 0 spiro atoms. The van der Waals surface area contributed by atoms with Crippen LogP contribution in [0.15, 0.2) is 12.1 Å². The maximum absolute atomic E-state index is 12.5. The molecule has 0 aromatic heterocycles. The van der Waals surface area contributed by atoms with Gasteiger partial charge in [-0.15, -0.1) is 0 Å². The van der Waals surface area contributed by atoms with Crippen LogP contribution in [0.1, 0.15) is 36.5 Å². The molecule has 5 nitrogen and oxygen atoms in total. The molecule has 21 heavy (non-hydrogen) atoms. The largest absolute Gasteiger partial charge is 0.493 e. The molecule has 2 atom stereocenters. The molecule has 5 heteroatoms. The van der Waals surface area contributed by atoms with Crippen molar-refractivity contribution in [3.63, 3.8) is 0 Å². The van der Waals surface area contributed by atoms with E-state index in [0.29, 0.717) is 28.7 Å². The van der Waals surface area contributed by atoms with E-state index >= 15 is 0 Å². The molecule has 0 radical (unpaired) electrons. The molecule has 1 aliphatic carbocycles. The summed E-state index contributed by atoms with van der Waals surface area (Å²) in [6, 6.07) is 3.66. The Kier molecular flexibility index (Phi) is 4.94. The van der Waals surface area contributed by atoms with Gasteiger partial charge < -0.3 is 19.5 Å². The van der Waals surface area contributed by atoms with Gasteiger partial charge in [-0.3, -0.25) is 4.79 Å². The van der Waals surface area contributed by atoms with E-state index in [2.05, 4.69) is 12.2 Å². The Hall–Kier alpha value is -1.91. The lowest BCUT2D eigenvalue weighted by Crippen LogP contribution is -2.33. The first-order valence-electron chi connectivity index (χ1n) is 7.20. The summed E-state index contributed by atoms with van der Waals surface area (Å²) >= 11 is 0. The maximum atomic E-state index is 12.5. The van der Waals surface area contributed by atoms with Gasteiger partial charge in [0.15, 0.2) is 11.5 Å². The van der Waals surface area contributed by atoms with E-state index in [-0.39, 0.29) is 11.9 Å². The zero-order valence-electron chi connectivity index (χ0n) is 13.1. The molecule has 1 aliphatic rings. The van der Waals surface area contributed by atoms with Crippen LogP contribution in [0, 0.1) is 5.92 Å². The van der Waals surface area contributed by atoms with Crippen molar-refractivity contribution in [1.82, 2.24) is 5.32 Å². The van der Waals surface area contributed by atoms with E-state index in [1.54, 1.807) is 19.2 Å². The zero-order chi connectivity index (χ0) is 15.4. The van der Waals surface area contributed by atoms with E-state index in [0.717, 1.165) is 19.3 Å². The van der Waals surface area contributed by atoms with Crippen LogP contribution in [0.2, 0.25) is 0 Å². The first-order chi connectivity index (χ1) is 10.1. The Bertz CT molecular complexity index is 515. The van der Waals surface area contributed by atoms with E-state index < -0.39 is 0 Å². The van der Waals surface area contributed by atoms with Crippen LogP contribution in [0.25, 0.3) is 0 Å². The van der Waals surface area contributed by atoms with E-state index in [1.807, 2.05) is 0 Å². The van der Waals surface area contributed by atoms with Crippen molar-refractivity contribution in [2.45, 2.75) is 32.2 Å². The topological polar surface area (TPSA) is 56.8 Å². The summed E-state index contributed by atoms with van der Waals surface area (Å²) in [4.78, 5) is 12.5. The van der Waals surface area contributed by atoms with E-state index in [1.165, 1.54) is 14.2 Å². The lowest BCUT2D eigenvalue weighted by Gasteiger charge is -2.17. The monoisotopic (exact) mass is 293 g/mol. The summed E-state index contributed by atoms with van der Waals surface area (Å²) < 4.78 is 15.9. The number of nitrogens with one attached hydrogen (secondary N) is 1. The van der Waals surface area contributed by atoms with Gasteiger partial charge >= 0.3 is 0 Å². The van der Waals surface area contributed by atoms with Gasteiger partial charge in [-0.1, -0.05) is 6.92 Å². The number of methoxy groups -OCH3 is 3. The molecule has 1 N–H and O–H groups in total. The molecule has 0 saturated heterocycles. The summed E-state index contributed by atoms with van der Waals surface area (Å²) in [7, 11) is 4.60. The molecule has 0 heterocycles. The zero-order valence-corrected chi connectivity index (χ0v) is 13.1. The van der Waals surface area contributed by atoms with Crippen LogP contribution >= 0.6 is 0 Å². The number of amides is 1. The molecule has 2 rings (SSSR count). The van der Waals surface area contributed by atoms with Crippen LogP contribution in [-0.4, -0.2) is 33.3 Å². The Morgan fingerprint density at radius 2 is 1.81 bits per heavy atom. The standard InChI is InChI=1S/C16H23NO4/c1-10-5-6-11(9-10)17-16(18)12-7-8-13(19-2)15(21-4)14(12)20-3/h7-8,10-11H,5-6,9H2,1-4H3,(H,17,18). The van der Waals surface area contributed by atoms with Crippen molar-refractivity contribution in [2.75, 3.05) is 21.3 Å². The summed E-state index contributed by atoms with van der Waals surface area (Å²) in [6.45, 7) is 2.21. The summed E-state index contributed by atoms with van der Waals surface area (Å²) in [5.41, 5.74) is 0.467. The molecule has 0 aliphatic heterocycles. The van der Waals surface area contributed by atoms with Crippen molar-refractivity contribution in [2.24, 2.45) is 5.92 Å². The number of rotatable bonds is 5. The number of ether oxygens (including phenoxy) is 3. The van der Waals surface area contributed by atoms with Gasteiger partial charge in [0.1, 0.15) is 0 Å². The number of carbonyl (C=O) groups excluding carboxylic acids is 1. The second-order valence-corrected chi connectivity index (χ2v) is 5.47. The predicted octanol–water partition coefficient (Wildman–Crippen LogP) is 2.63. The second-order valence-electron chi connectivity index (χ2n) is 5.47. The molecule has 0 bridgehead atoms. The minimum atomic E-state index is -0.132. The van der Waals surface area contributed by atoms with Gasteiger partial charge in [0, 0.05) is 6.04 Å². The summed E-state index contributed by atoms with van der Waals surface area (Å²) in [5.74, 6) is 1.92. The minimum absolute atomic E-state index is 0.132. The van der Waals surface area contributed by atoms with Crippen molar-refractivity contribution in [3.8, 4) is 17.2 Å². The fourth-order valence-corrected chi connectivity index (χ4v) is 2.88. The Morgan fingerprint density at radius 3 is 2.33 bits per heavy atom. The van der Waals surface area contributed by atoms with Gasteiger partial charge in [-0.2, -0.15) is 0 Å². The molecular weight excluding hydrogens is 270 g/mol. The summed E-state index contributed by atoms with van der Waals surface area (Å²) in [6.07, 6.45) is 3.22. The highest BCUT2D eigenvalue weighted by atomic mass is 16.5. The van der Waals surface area contributed by atoms with Gasteiger partial charge in [0.05, 0.1) is 26.9 Å². The first-order valence-corrected chi connectivity index (χ1v) is 7.20. The van der Waals surface area contributed by atoms with Crippen LogP contribution < -0.4 is 19.5 Å². The van der Waals surface area contributed by atoms with Crippen LogP contribution in [0.3, 0.4) is 0 Å². The predicted molar refractivity (Wildman–Crippen MR) is 80.4 cm³/mol. The van der Waals surface area contributed by atoms with E-state index in [9.17, 15) is 4.79 Å². The average molecular weight is 293 g/mol. The van der Waals surface area contributed by atoms with Crippen molar-refractivity contribution in [1.29, 1.82) is 0 Å². The van der Waals surface area contributed by atoms with Crippen LogP contribution in [0.5, 0.6) is 17.2 Å². The fourth-order valence-electron chi connectivity index (χ4n) is 2.88. The van der Waals surface area contributed by atoms with Gasteiger partial charge in [-0.05, 0) is 37.3 Å². The van der Waals surface area contributed by atoms with Gasteiger partial charge in [0.25, 0.3) is 5.91 Å². The summed E-state index contributed by atoms with van der Waals surface area (Å²) in [5, 5.41) is 3.07. The molecule has 116 valence electrons. The lowest BCUT2D eigenvalue weighted by molar-refractivity contribution is 0.0933. The third kappa shape index (κ3) is 3.23. The lowest BCUT2D eigenvalue weighted by atomic mass is 10.1. The van der Waals surface area contributed by atoms with Crippen LogP contribution in [0.4, 0.5) is 0 Å². The minimum Gasteiger partial charge on any atom is -0.493 e. The molecular formula is C16H23NO4. The molecule has 1 saturated carbocycles. The van der Waals surface area contributed by atoms with Crippen LogP contribution in [-0.2, 0) is 0 Å². The number of hydrogen-bond acceptors (Lipinski definition) is 4. The fraction of sp³-hybridized carbons (Fsp3) is 0.562. The Balaban J connectivity index is 2.24. The highest BCUT2D eigenvalue weighted by Crippen LogP contribution is 2.39. The number of carbonyl (C=O) groups is 1. The molecule has 1 aromatic carbocycles. The number of benzene rings is 1. The highest BCUT2D eigenvalue weighted by molar-refractivity contribution is 5.98. The molecule has 2 unspecified atom stereocenters. The average Bonchev–Trinajstić information content (AvgIpc) is 2.90. The Morgan fingerprint density at radius 1 is 1.10 bits per heavy atom.